The van der Waals surface area contributed by atoms with Crippen LogP contribution in [0.3, 0.4) is 0 Å². The molecule has 1 heterocycles. The van der Waals surface area contributed by atoms with Crippen LogP contribution < -0.4 is 0 Å². The van der Waals surface area contributed by atoms with Gasteiger partial charge in [0.2, 0.25) is 0 Å². The first-order valence-electron chi connectivity index (χ1n) is 6.67. The summed E-state index contributed by atoms with van der Waals surface area (Å²) in [4.78, 5) is 26.2. The maximum absolute atomic E-state index is 13.5. The average Bonchev–Trinajstić information content (AvgIpc) is 2.43. The van der Waals surface area contributed by atoms with Crippen LogP contribution >= 0.6 is 0 Å². The smallest absolute Gasteiger partial charge is 0.333 e. The summed E-state index contributed by atoms with van der Waals surface area (Å²) in [7, 11) is 0. The Kier molecular flexibility index (Phi) is 4.39. The Morgan fingerprint density at radius 1 is 1.09 bits per heavy atom. The van der Waals surface area contributed by atoms with Crippen LogP contribution in [0.5, 0.6) is 0 Å². The lowest BCUT2D eigenvalue weighted by molar-refractivity contribution is -0.156. The van der Waals surface area contributed by atoms with Gasteiger partial charge >= 0.3 is 18.0 Å². The predicted octanol–water partition coefficient (Wildman–Crippen LogP) is 2.04. The van der Waals surface area contributed by atoms with Crippen molar-refractivity contribution in [3.63, 3.8) is 0 Å². The van der Waals surface area contributed by atoms with Crippen LogP contribution in [0.1, 0.15) is 18.1 Å². The second-order valence-electron chi connectivity index (χ2n) is 4.92. The first kappa shape index (κ1) is 16.3. The van der Waals surface area contributed by atoms with Crippen LogP contribution in [0, 0.1) is 5.82 Å². The summed E-state index contributed by atoms with van der Waals surface area (Å²) >= 11 is 0. The molecular weight excluding hydrogens is 304 g/mol. The molecule has 22 heavy (non-hydrogen) atoms. The summed E-state index contributed by atoms with van der Waals surface area (Å²) in [5.41, 5.74) is -1.15. The molecule has 1 aliphatic heterocycles. The molecule has 1 fully saturated rings. The molecule has 1 aliphatic rings. The van der Waals surface area contributed by atoms with Gasteiger partial charge in [-0.05, 0) is 24.6 Å². The van der Waals surface area contributed by atoms with E-state index in [4.69, 9.17) is 0 Å². The van der Waals surface area contributed by atoms with E-state index in [1.54, 1.807) is 6.92 Å². The van der Waals surface area contributed by atoms with E-state index in [-0.39, 0.29) is 18.7 Å². The third-order valence-electron chi connectivity index (χ3n) is 3.49. The number of piperazine rings is 1. The third kappa shape index (κ3) is 3.20. The Balaban J connectivity index is 2.13. The number of likely N-dealkylation sites (N-methyl/N-ethyl adjacent to an activating group) is 1. The minimum absolute atomic E-state index is 0.100. The number of benzene rings is 1. The normalized spacial score (nSPS) is 16.4. The highest BCUT2D eigenvalue weighted by molar-refractivity contribution is 6.35. The van der Waals surface area contributed by atoms with Gasteiger partial charge in [-0.15, -0.1) is 0 Å². The molecular formula is C14H14F4N2O2. The van der Waals surface area contributed by atoms with E-state index in [2.05, 4.69) is 0 Å². The van der Waals surface area contributed by atoms with Crippen molar-refractivity contribution >= 4 is 11.8 Å². The fourth-order valence-electron chi connectivity index (χ4n) is 2.27. The van der Waals surface area contributed by atoms with E-state index in [0.29, 0.717) is 19.2 Å². The zero-order valence-electron chi connectivity index (χ0n) is 11.8. The first-order valence-corrected chi connectivity index (χ1v) is 6.67. The minimum atomic E-state index is -4.76. The molecule has 1 saturated heterocycles. The van der Waals surface area contributed by atoms with Crippen LogP contribution in [0.4, 0.5) is 17.6 Å². The van der Waals surface area contributed by atoms with Gasteiger partial charge in [0.1, 0.15) is 5.82 Å². The highest BCUT2D eigenvalue weighted by atomic mass is 19.4. The van der Waals surface area contributed by atoms with Crippen LogP contribution in [-0.4, -0.2) is 41.2 Å². The first-order chi connectivity index (χ1) is 10.2. The van der Waals surface area contributed by atoms with Gasteiger partial charge in [-0.25, -0.2) is 4.39 Å². The molecule has 1 aromatic rings. The van der Waals surface area contributed by atoms with Gasteiger partial charge in [0.15, 0.2) is 0 Å². The second-order valence-corrected chi connectivity index (χ2v) is 4.92. The lowest BCUT2D eigenvalue weighted by Crippen LogP contribution is -2.53. The standard InChI is InChI=1S/C14H14F4N2O2/c1-2-19-5-6-20(13(22)12(19)21)8-9-3-4-10(11(15)7-9)14(16,17)18/h3-4,7H,2,5-6,8H2,1H3. The highest BCUT2D eigenvalue weighted by Gasteiger charge is 2.35. The summed E-state index contributed by atoms with van der Waals surface area (Å²) < 4.78 is 50.9. The van der Waals surface area contributed by atoms with Crippen LogP contribution in [0.15, 0.2) is 18.2 Å². The van der Waals surface area contributed by atoms with Crippen molar-refractivity contribution in [2.75, 3.05) is 19.6 Å². The van der Waals surface area contributed by atoms with Gasteiger partial charge in [-0.1, -0.05) is 6.07 Å². The molecule has 4 nitrogen and oxygen atoms in total. The number of rotatable bonds is 3. The van der Waals surface area contributed by atoms with E-state index in [0.717, 1.165) is 12.1 Å². The summed E-state index contributed by atoms with van der Waals surface area (Å²) in [6.45, 7) is 2.67. The molecule has 2 rings (SSSR count). The van der Waals surface area contributed by atoms with Crippen molar-refractivity contribution in [2.45, 2.75) is 19.6 Å². The van der Waals surface area contributed by atoms with Gasteiger partial charge in [0.25, 0.3) is 0 Å². The second kappa shape index (κ2) is 5.94. The molecule has 0 bridgehead atoms. The summed E-state index contributed by atoms with van der Waals surface area (Å²) in [5, 5.41) is 0. The van der Waals surface area contributed by atoms with E-state index < -0.39 is 29.4 Å². The number of hydrogen-bond acceptors (Lipinski definition) is 2. The molecule has 0 unspecified atom stereocenters. The van der Waals surface area contributed by atoms with E-state index in [1.165, 1.54) is 9.80 Å². The van der Waals surface area contributed by atoms with Gasteiger partial charge in [-0.2, -0.15) is 13.2 Å². The largest absolute Gasteiger partial charge is 0.419 e. The minimum Gasteiger partial charge on any atom is -0.333 e. The number of halogens is 4. The molecule has 0 spiro atoms. The highest BCUT2D eigenvalue weighted by Crippen LogP contribution is 2.31. The molecule has 0 atom stereocenters. The fraction of sp³-hybridized carbons (Fsp3) is 0.429. The molecule has 0 N–H and O–H groups in total. The summed E-state index contributed by atoms with van der Waals surface area (Å²) in [6.07, 6.45) is -4.76. The van der Waals surface area contributed by atoms with Crippen molar-refractivity contribution in [1.82, 2.24) is 9.80 Å². The average molecular weight is 318 g/mol. The Bertz CT molecular complexity index is 601. The van der Waals surface area contributed by atoms with Crippen LogP contribution in [0.2, 0.25) is 0 Å². The molecule has 0 saturated carbocycles. The molecule has 120 valence electrons. The van der Waals surface area contributed by atoms with Gasteiger partial charge in [-0.3, -0.25) is 9.59 Å². The van der Waals surface area contributed by atoms with Crippen molar-refractivity contribution in [3.8, 4) is 0 Å². The van der Waals surface area contributed by atoms with Gasteiger partial charge in [0.05, 0.1) is 5.56 Å². The number of carbonyl (C=O) groups is 2. The Morgan fingerprint density at radius 2 is 1.68 bits per heavy atom. The third-order valence-corrected chi connectivity index (χ3v) is 3.49. The van der Waals surface area contributed by atoms with Gasteiger partial charge < -0.3 is 9.80 Å². The number of nitrogens with zero attached hydrogens (tertiary/aromatic N) is 2. The Labute approximate surface area is 124 Å². The topological polar surface area (TPSA) is 40.6 Å². The molecule has 0 aliphatic carbocycles. The lowest BCUT2D eigenvalue weighted by atomic mass is 10.1. The maximum Gasteiger partial charge on any atom is 0.419 e. The number of alkyl halides is 3. The summed E-state index contributed by atoms with van der Waals surface area (Å²) in [5.74, 6) is -2.77. The van der Waals surface area contributed by atoms with Crippen molar-refractivity contribution in [3.05, 3.63) is 35.1 Å². The molecule has 1 aromatic carbocycles. The number of carbonyl (C=O) groups excluding carboxylic acids is 2. The monoisotopic (exact) mass is 318 g/mol. The quantitative estimate of drug-likeness (QED) is 0.632. The SMILES string of the molecule is CCN1CCN(Cc2ccc(C(F)(F)F)c(F)c2)C(=O)C1=O. The Morgan fingerprint density at radius 3 is 2.23 bits per heavy atom. The van der Waals surface area contributed by atoms with Crippen LogP contribution in [-0.2, 0) is 22.3 Å². The summed E-state index contributed by atoms with van der Waals surface area (Å²) in [6, 6.07) is 2.49. The predicted molar refractivity (Wildman–Crippen MR) is 69.1 cm³/mol. The zero-order chi connectivity index (χ0) is 16.5. The number of amides is 2. The molecule has 0 aromatic heterocycles. The van der Waals surface area contributed by atoms with E-state index >= 15 is 0 Å². The van der Waals surface area contributed by atoms with Crippen molar-refractivity contribution in [2.24, 2.45) is 0 Å². The zero-order valence-corrected chi connectivity index (χ0v) is 11.8. The lowest BCUT2D eigenvalue weighted by Gasteiger charge is -2.33. The van der Waals surface area contributed by atoms with Crippen molar-refractivity contribution in [1.29, 1.82) is 0 Å². The Hall–Kier alpha value is -2.12. The molecule has 8 heteroatoms. The van der Waals surface area contributed by atoms with E-state index in [1.807, 2.05) is 0 Å². The van der Waals surface area contributed by atoms with E-state index in [9.17, 15) is 27.2 Å². The molecule has 0 radical (unpaired) electrons. The van der Waals surface area contributed by atoms with Crippen molar-refractivity contribution < 1.29 is 27.2 Å². The van der Waals surface area contributed by atoms with Gasteiger partial charge in [0, 0.05) is 26.2 Å². The molecule has 2 amide bonds. The van der Waals surface area contributed by atoms with Crippen LogP contribution in [0.25, 0.3) is 0 Å². The number of hydrogen-bond donors (Lipinski definition) is 0. The fourth-order valence-corrected chi connectivity index (χ4v) is 2.27. The maximum atomic E-state index is 13.5.